The molecule has 3 aliphatic heterocycles. The Bertz CT molecular complexity index is 376. The summed E-state index contributed by atoms with van der Waals surface area (Å²) in [5.41, 5.74) is -0.215. The molecule has 0 saturated carbocycles. The van der Waals surface area contributed by atoms with E-state index >= 15 is 0 Å². The van der Waals surface area contributed by atoms with Gasteiger partial charge in [0.25, 0.3) is 0 Å². The number of hydrogen-bond donors (Lipinski definition) is 0. The van der Waals surface area contributed by atoms with Crippen LogP contribution in [0.25, 0.3) is 0 Å². The third-order valence-corrected chi connectivity index (χ3v) is 4.50. The zero-order valence-electron chi connectivity index (χ0n) is 10.6. The van der Waals surface area contributed by atoms with Crippen LogP contribution >= 0.6 is 0 Å². The number of carbonyl (C=O) groups is 2. The molecule has 2 amide bonds. The molecule has 3 saturated heterocycles. The maximum atomic E-state index is 12.1. The molecule has 4 nitrogen and oxygen atoms in total. The van der Waals surface area contributed by atoms with Gasteiger partial charge in [-0.1, -0.05) is 13.8 Å². The minimum absolute atomic E-state index is 0.215. The molecule has 3 rings (SSSR count). The van der Waals surface area contributed by atoms with E-state index in [4.69, 9.17) is 0 Å². The van der Waals surface area contributed by atoms with Crippen molar-refractivity contribution in [1.82, 2.24) is 9.80 Å². The van der Waals surface area contributed by atoms with Crippen molar-refractivity contribution >= 4 is 11.8 Å². The highest BCUT2D eigenvalue weighted by Gasteiger charge is 2.61. The van der Waals surface area contributed by atoms with Crippen molar-refractivity contribution in [2.45, 2.75) is 57.7 Å². The van der Waals surface area contributed by atoms with E-state index in [1.165, 1.54) is 0 Å². The Morgan fingerprint density at radius 3 is 2.53 bits per heavy atom. The van der Waals surface area contributed by atoms with Crippen molar-refractivity contribution in [2.75, 3.05) is 6.54 Å². The summed E-state index contributed by atoms with van der Waals surface area (Å²) in [6, 6.07) is 0.259. The molecule has 4 heteroatoms. The van der Waals surface area contributed by atoms with Crippen LogP contribution in [0.2, 0.25) is 0 Å². The van der Waals surface area contributed by atoms with Crippen LogP contribution in [0.3, 0.4) is 0 Å². The normalized spacial score (nSPS) is 36.1. The molecule has 3 aliphatic rings. The van der Waals surface area contributed by atoms with Crippen molar-refractivity contribution in [1.29, 1.82) is 0 Å². The largest absolute Gasteiger partial charge is 0.317 e. The number of rotatable bonds is 2. The first-order chi connectivity index (χ1) is 8.04. The summed E-state index contributed by atoms with van der Waals surface area (Å²) >= 11 is 0. The molecule has 0 aromatic carbocycles. The van der Waals surface area contributed by atoms with E-state index in [-0.39, 0.29) is 23.5 Å². The lowest BCUT2D eigenvalue weighted by atomic mass is 10.0. The van der Waals surface area contributed by atoms with Crippen molar-refractivity contribution in [3.8, 4) is 0 Å². The van der Waals surface area contributed by atoms with Crippen molar-refractivity contribution in [2.24, 2.45) is 5.92 Å². The van der Waals surface area contributed by atoms with Crippen LogP contribution < -0.4 is 0 Å². The van der Waals surface area contributed by atoms with Gasteiger partial charge in [0, 0.05) is 19.4 Å². The fourth-order valence-corrected chi connectivity index (χ4v) is 3.93. The maximum Gasteiger partial charge on any atom is 0.224 e. The van der Waals surface area contributed by atoms with E-state index in [9.17, 15) is 9.59 Å². The summed E-state index contributed by atoms with van der Waals surface area (Å²) in [5, 5.41) is 0. The summed E-state index contributed by atoms with van der Waals surface area (Å²) in [5.74, 6) is 1.07. The molecular formula is C13H20N2O2. The van der Waals surface area contributed by atoms with Crippen LogP contribution in [0.1, 0.15) is 46.0 Å². The van der Waals surface area contributed by atoms with E-state index in [0.717, 1.165) is 25.8 Å². The van der Waals surface area contributed by atoms with Gasteiger partial charge in [-0.25, -0.2) is 0 Å². The minimum Gasteiger partial charge on any atom is -0.317 e. The van der Waals surface area contributed by atoms with E-state index in [1.54, 1.807) is 0 Å². The fraction of sp³-hybridized carbons (Fsp3) is 0.846. The molecule has 0 aromatic heterocycles. The van der Waals surface area contributed by atoms with E-state index in [2.05, 4.69) is 18.7 Å². The van der Waals surface area contributed by atoms with Crippen molar-refractivity contribution in [3.05, 3.63) is 0 Å². The highest BCUT2D eigenvalue weighted by atomic mass is 16.2. The molecule has 2 unspecified atom stereocenters. The summed E-state index contributed by atoms with van der Waals surface area (Å²) in [6.07, 6.45) is 3.96. The van der Waals surface area contributed by atoms with E-state index in [1.807, 2.05) is 4.90 Å². The zero-order chi connectivity index (χ0) is 12.2. The fourth-order valence-electron chi connectivity index (χ4n) is 3.93. The van der Waals surface area contributed by atoms with Gasteiger partial charge in [-0.3, -0.25) is 9.59 Å². The lowest BCUT2D eigenvalue weighted by molar-refractivity contribution is -0.135. The smallest absolute Gasteiger partial charge is 0.224 e. The summed E-state index contributed by atoms with van der Waals surface area (Å²) in [7, 11) is 0. The van der Waals surface area contributed by atoms with Crippen LogP contribution in [0.15, 0.2) is 0 Å². The first kappa shape index (κ1) is 11.1. The van der Waals surface area contributed by atoms with Gasteiger partial charge in [0.2, 0.25) is 11.8 Å². The third kappa shape index (κ3) is 1.36. The Hall–Kier alpha value is -1.06. The Labute approximate surface area is 102 Å². The predicted octanol–water partition coefficient (Wildman–Crippen LogP) is 1.36. The summed E-state index contributed by atoms with van der Waals surface area (Å²) in [4.78, 5) is 28.0. The number of carbonyl (C=O) groups excluding carboxylic acids is 2. The van der Waals surface area contributed by atoms with Gasteiger partial charge < -0.3 is 9.80 Å². The number of nitrogens with zero attached hydrogens (tertiary/aromatic N) is 2. The van der Waals surface area contributed by atoms with Crippen LogP contribution in [-0.2, 0) is 9.59 Å². The molecule has 1 spiro atoms. The Morgan fingerprint density at radius 1 is 1.24 bits per heavy atom. The van der Waals surface area contributed by atoms with Crippen LogP contribution in [0.4, 0.5) is 0 Å². The average Bonchev–Trinajstić information content (AvgIpc) is 2.82. The van der Waals surface area contributed by atoms with Gasteiger partial charge in [0.1, 0.15) is 5.66 Å². The topological polar surface area (TPSA) is 40.6 Å². The molecule has 3 heterocycles. The van der Waals surface area contributed by atoms with E-state index < -0.39 is 0 Å². The van der Waals surface area contributed by atoms with Gasteiger partial charge in [0.05, 0.1) is 6.04 Å². The molecule has 3 fully saturated rings. The Morgan fingerprint density at radius 2 is 1.88 bits per heavy atom. The second kappa shape index (κ2) is 3.47. The molecular weight excluding hydrogens is 216 g/mol. The molecule has 94 valence electrons. The Kier molecular flexibility index (Phi) is 2.25. The molecule has 0 bridgehead atoms. The van der Waals surface area contributed by atoms with Crippen LogP contribution in [-0.4, -0.2) is 39.9 Å². The molecule has 0 radical (unpaired) electrons. The van der Waals surface area contributed by atoms with Gasteiger partial charge in [0.15, 0.2) is 0 Å². The highest BCUT2D eigenvalue weighted by Crippen LogP contribution is 2.48. The molecule has 0 N–H and O–H groups in total. The second-order valence-corrected chi connectivity index (χ2v) is 6.03. The first-order valence-electron chi connectivity index (χ1n) is 6.67. The monoisotopic (exact) mass is 236 g/mol. The third-order valence-electron chi connectivity index (χ3n) is 4.50. The van der Waals surface area contributed by atoms with Crippen molar-refractivity contribution in [3.63, 3.8) is 0 Å². The van der Waals surface area contributed by atoms with Gasteiger partial charge >= 0.3 is 0 Å². The average molecular weight is 236 g/mol. The van der Waals surface area contributed by atoms with E-state index in [0.29, 0.717) is 18.8 Å². The second-order valence-electron chi connectivity index (χ2n) is 6.03. The number of amides is 2. The quantitative estimate of drug-likeness (QED) is 0.726. The lowest BCUT2D eigenvalue weighted by Crippen LogP contribution is -2.48. The van der Waals surface area contributed by atoms with Crippen molar-refractivity contribution < 1.29 is 9.59 Å². The highest BCUT2D eigenvalue weighted by molar-refractivity contribution is 5.86. The molecule has 2 atom stereocenters. The standard InChI is InChI=1S/C13H20N2O2/c1-9(2)7-10-8-14-11(16)3-5-13(14)6-4-12(17)15(10)13/h9-10H,3-8H2,1-2H3. The number of hydrogen-bond acceptors (Lipinski definition) is 2. The molecule has 0 aliphatic carbocycles. The van der Waals surface area contributed by atoms with Gasteiger partial charge in [-0.15, -0.1) is 0 Å². The molecule has 17 heavy (non-hydrogen) atoms. The van der Waals surface area contributed by atoms with Crippen LogP contribution in [0, 0.1) is 5.92 Å². The first-order valence-corrected chi connectivity index (χ1v) is 6.67. The lowest BCUT2D eigenvalue weighted by Gasteiger charge is -2.34. The zero-order valence-corrected chi connectivity index (χ0v) is 10.6. The Balaban J connectivity index is 1.93. The van der Waals surface area contributed by atoms with Gasteiger partial charge in [-0.05, 0) is 25.2 Å². The summed E-state index contributed by atoms with van der Waals surface area (Å²) in [6.45, 7) is 5.12. The maximum absolute atomic E-state index is 12.1. The summed E-state index contributed by atoms with van der Waals surface area (Å²) < 4.78 is 0. The SMILES string of the molecule is CC(C)CC1CN2C(=O)CCC23CCC(=O)N13. The predicted molar refractivity (Wildman–Crippen MR) is 63.0 cm³/mol. The minimum atomic E-state index is -0.215. The van der Waals surface area contributed by atoms with Crippen LogP contribution in [0.5, 0.6) is 0 Å². The molecule has 0 aromatic rings. The van der Waals surface area contributed by atoms with Gasteiger partial charge in [-0.2, -0.15) is 0 Å².